The number of piperazine rings is 1. The SMILES string of the molecule is Cc1c(N2CCN(C)CC2)ccc(N)c1F. The van der Waals surface area contributed by atoms with E-state index in [0.717, 1.165) is 31.9 Å². The van der Waals surface area contributed by atoms with Crippen molar-refractivity contribution in [2.24, 2.45) is 0 Å². The Labute approximate surface area is 95.6 Å². The molecule has 1 aromatic carbocycles. The van der Waals surface area contributed by atoms with Gasteiger partial charge in [-0.05, 0) is 26.1 Å². The van der Waals surface area contributed by atoms with Crippen molar-refractivity contribution in [2.75, 3.05) is 43.9 Å². The first-order chi connectivity index (χ1) is 7.59. The van der Waals surface area contributed by atoms with Gasteiger partial charge in [0.25, 0.3) is 0 Å². The number of benzene rings is 1. The molecule has 0 atom stereocenters. The summed E-state index contributed by atoms with van der Waals surface area (Å²) in [5, 5.41) is 0. The summed E-state index contributed by atoms with van der Waals surface area (Å²) >= 11 is 0. The predicted octanol–water partition coefficient (Wildman–Crippen LogP) is 1.47. The van der Waals surface area contributed by atoms with Gasteiger partial charge >= 0.3 is 0 Å². The van der Waals surface area contributed by atoms with E-state index in [-0.39, 0.29) is 11.5 Å². The molecule has 4 heteroatoms. The van der Waals surface area contributed by atoms with Gasteiger partial charge in [0, 0.05) is 37.4 Å². The van der Waals surface area contributed by atoms with Crippen LogP contribution in [0, 0.1) is 12.7 Å². The zero-order valence-electron chi connectivity index (χ0n) is 9.83. The number of nitrogens with two attached hydrogens (primary N) is 1. The third-order valence-electron chi connectivity index (χ3n) is 3.23. The van der Waals surface area contributed by atoms with Crippen molar-refractivity contribution in [3.05, 3.63) is 23.5 Å². The zero-order chi connectivity index (χ0) is 11.7. The van der Waals surface area contributed by atoms with Crippen molar-refractivity contribution in [3.63, 3.8) is 0 Å². The fourth-order valence-electron chi connectivity index (χ4n) is 2.09. The number of nitrogen functional groups attached to an aromatic ring is 1. The van der Waals surface area contributed by atoms with Gasteiger partial charge in [0.05, 0.1) is 5.69 Å². The van der Waals surface area contributed by atoms with E-state index in [1.54, 1.807) is 13.0 Å². The van der Waals surface area contributed by atoms with Crippen molar-refractivity contribution >= 4 is 11.4 Å². The fraction of sp³-hybridized carbons (Fsp3) is 0.500. The summed E-state index contributed by atoms with van der Waals surface area (Å²) in [6, 6.07) is 3.56. The maximum absolute atomic E-state index is 13.7. The maximum atomic E-state index is 13.7. The lowest BCUT2D eigenvalue weighted by Crippen LogP contribution is -2.44. The average molecular weight is 223 g/mol. The van der Waals surface area contributed by atoms with Crippen LogP contribution in [0.3, 0.4) is 0 Å². The molecule has 88 valence electrons. The molecule has 0 aromatic heterocycles. The summed E-state index contributed by atoms with van der Waals surface area (Å²) in [5.74, 6) is -0.281. The normalized spacial score (nSPS) is 17.8. The number of anilines is 2. The Kier molecular flexibility index (Phi) is 3.01. The number of rotatable bonds is 1. The minimum absolute atomic E-state index is 0.232. The van der Waals surface area contributed by atoms with Crippen LogP contribution in [-0.4, -0.2) is 38.1 Å². The molecule has 0 saturated carbocycles. The molecule has 0 spiro atoms. The van der Waals surface area contributed by atoms with Crippen LogP contribution in [-0.2, 0) is 0 Å². The monoisotopic (exact) mass is 223 g/mol. The van der Waals surface area contributed by atoms with Gasteiger partial charge in [0.15, 0.2) is 5.82 Å². The molecule has 0 radical (unpaired) electrons. The second kappa shape index (κ2) is 4.29. The van der Waals surface area contributed by atoms with Gasteiger partial charge in [-0.2, -0.15) is 0 Å². The molecule has 3 nitrogen and oxygen atoms in total. The van der Waals surface area contributed by atoms with Crippen LogP contribution in [0.1, 0.15) is 5.56 Å². The molecule has 0 bridgehead atoms. The third kappa shape index (κ3) is 1.97. The van der Waals surface area contributed by atoms with Crippen LogP contribution >= 0.6 is 0 Å². The highest BCUT2D eigenvalue weighted by atomic mass is 19.1. The van der Waals surface area contributed by atoms with Crippen molar-refractivity contribution in [3.8, 4) is 0 Å². The van der Waals surface area contributed by atoms with Gasteiger partial charge in [-0.1, -0.05) is 0 Å². The van der Waals surface area contributed by atoms with E-state index >= 15 is 0 Å². The van der Waals surface area contributed by atoms with E-state index in [0.29, 0.717) is 5.56 Å². The third-order valence-corrected chi connectivity index (χ3v) is 3.23. The molecule has 1 fully saturated rings. The summed E-state index contributed by atoms with van der Waals surface area (Å²) in [7, 11) is 2.10. The van der Waals surface area contributed by atoms with Crippen LogP contribution in [0.4, 0.5) is 15.8 Å². The molecular formula is C12H18FN3. The van der Waals surface area contributed by atoms with E-state index in [9.17, 15) is 4.39 Å². The molecule has 0 amide bonds. The second-order valence-corrected chi connectivity index (χ2v) is 4.40. The first-order valence-electron chi connectivity index (χ1n) is 5.57. The molecule has 0 aliphatic carbocycles. The van der Waals surface area contributed by atoms with Gasteiger partial charge in [-0.15, -0.1) is 0 Å². The van der Waals surface area contributed by atoms with Crippen molar-refractivity contribution < 1.29 is 4.39 Å². The first kappa shape index (κ1) is 11.2. The van der Waals surface area contributed by atoms with Crippen LogP contribution in [0.2, 0.25) is 0 Å². The zero-order valence-corrected chi connectivity index (χ0v) is 9.83. The Morgan fingerprint density at radius 3 is 2.44 bits per heavy atom. The number of hydrogen-bond donors (Lipinski definition) is 1. The van der Waals surface area contributed by atoms with E-state index in [4.69, 9.17) is 5.73 Å². The van der Waals surface area contributed by atoms with Crippen LogP contribution < -0.4 is 10.6 Å². The lowest BCUT2D eigenvalue weighted by atomic mass is 10.1. The Bertz CT molecular complexity index is 384. The highest BCUT2D eigenvalue weighted by Crippen LogP contribution is 2.26. The molecule has 2 rings (SSSR count). The quantitative estimate of drug-likeness (QED) is 0.732. The molecule has 1 heterocycles. The van der Waals surface area contributed by atoms with Gasteiger partial charge in [-0.25, -0.2) is 4.39 Å². The van der Waals surface area contributed by atoms with E-state index in [1.165, 1.54) is 0 Å². The predicted molar refractivity (Wildman–Crippen MR) is 65.3 cm³/mol. The van der Waals surface area contributed by atoms with Gasteiger partial charge in [0.2, 0.25) is 0 Å². The fourth-order valence-corrected chi connectivity index (χ4v) is 2.09. The summed E-state index contributed by atoms with van der Waals surface area (Å²) in [5.41, 5.74) is 7.40. The Hall–Kier alpha value is -1.29. The molecule has 16 heavy (non-hydrogen) atoms. The summed E-state index contributed by atoms with van der Waals surface area (Å²) in [6.45, 7) is 5.72. The molecule has 1 aromatic rings. The van der Waals surface area contributed by atoms with Crippen molar-refractivity contribution in [1.82, 2.24) is 4.90 Å². The minimum atomic E-state index is -0.281. The molecular weight excluding hydrogens is 205 g/mol. The Balaban J connectivity index is 2.24. The van der Waals surface area contributed by atoms with E-state index in [1.807, 2.05) is 6.07 Å². The van der Waals surface area contributed by atoms with Gasteiger partial charge in [0.1, 0.15) is 0 Å². The summed E-state index contributed by atoms with van der Waals surface area (Å²) < 4.78 is 13.7. The molecule has 1 saturated heterocycles. The largest absolute Gasteiger partial charge is 0.396 e. The number of halogens is 1. The smallest absolute Gasteiger partial charge is 0.151 e. The molecule has 1 aliphatic rings. The topological polar surface area (TPSA) is 32.5 Å². The maximum Gasteiger partial charge on any atom is 0.151 e. The first-order valence-corrected chi connectivity index (χ1v) is 5.57. The minimum Gasteiger partial charge on any atom is -0.396 e. The Morgan fingerprint density at radius 2 is 1.81 bits per heavy atom. The molecule has 2 N–H and O–H groups in total. The number of likely N-dealkylation sites (N-methyl/N-ethyl adjacent to an activating group) is 1. The standard InChI is InChI=1S/C12H18FN3/c1-9-11(4-3-10(14)12(9)13)16-7-5-15(2)6-8-16/h3-4H,5-8,14H2,1-2H3. The lowest BCUT2D eigenvalue weighted by Gasteiger charge is -2.35. The molecule has 0 unspecified atom stereocenters. The van der Waals surface area contributed by atoms with E-state index in [2.05, 4.69) is 16.8 Å². The van der Waals surface area contributed by atoms with Crippen molar-refractivity contribution in [1.29, 1.82) is 0 Å². The highest BCUT2D eigenvalue weighted by Gasteiger charge is 2.17. The van der Waals surface area contributed by atoms with Gasteiger partial charge < -0.3 is 15.5 Å². The van der Waals surface area contributed by atoms with Gasteiger partial charge in [-0.3, -0.25) is 0 Å². The highest BCUT2D eigenvalue weighted by molar-refractivity contribution is 5.60. The average Bonchev–Trinajstić information content (AvgIpc) is 2.28. The van der Waals surface area contributed by atoms with Crippen LogP contribution in [0.15, 0.2) is 12.1 Å². The number of nitrogens with zero attached hydrogens (tertiary/aromatic N) is 2. The van der Waals surface area contributed by atoms with E-state index < -0.39 is 0 Å². The second-order valence-electron chi connectivity index (χ2n) is 4.40. The summed E-state index contributed by atoms with van der Waals surface area (Å²) in [6.07, 6.45) is 0. The lowest BCUT2D eigenvalue weighted by molar-refractivity contribution is 0.312. The summed E-state index contributed by atoms with van der Waals surface area (Å²) in [4.78, 5) is 4.50. The Morgan fingerprint density at radius 1 is 1.19 bits per heavy atom. The molecule has 1 aliphatic heterocycles. The van der Waals surface area contributed by atoms with Crippen molar-refractivity contribution in [2.45, 2.75) is 6.92 Å². The number of hydrogen-bond acceptors (Lipinski definition) is 3. The van der Waals surface area contributed by atoms with Crippen LogP contribution in [0.5, 0.6) is 0 Å². The van der Waals surface area contributed by atoms with Crippen LogP contribution in [0.25, 0.3) is 0 Å².